The summed E-state index contributed by atoms with van der Waals surface area (Å²) in [7, 11) is 1.48. The number of aryl methyl sites for hydroxylation is 1. The summed E-state index contributed by atoms with van der Waals surface area (Å²) in [6.07, 6.45) is 4.80. The van der Waals surface area contributed by atoms with E-state index >= 15 is 0 Å². The van der Waals surface area contributed by atoms with E-state index < -0.39 is 0 Å². The average molecular weight is 423 g/mol. The first-order valence-corrected chi connectivity index (χ1v) is 9.60. The topological polar surface area (TPSA) is 70.9 Å². The number of amides is 1. The maximum Gasteiger partial charge on any atom is 0.281 e. The number of methoxy groups -OCH3 is 1. The van der Waals surface area contributed by atoms with Crippen molar-refractivity contribution in [2.24, 2.45) is 11.0 Å². The number of ether oxygens (including phenoxy) is 1. The molecule has 0 bridgehead atoms. The smallest absolute Gasteiger partial charge is 0.281 e. The van der Waals surface area contributed by atoms with Crippen LogP contribution in [0.2, 0.25) is 0 Å². The van der Waals surface area contributed by atoms with Crippen molar-refractivity contribution in [3.8, 4) is 11.5 Å². The monoisotopic (exact) mass is 422 g/mol. The van der Waals surface area contributed by atoms with Gasteiger partial charge in [-0.1, -0.05) is 6.92 Å². The van der Waals surface area contributed by atoms with Gasteiger partial charge in [0.05, 0.1) is 22.7 Å². The van der Waals surface area contributed by atoms with Gasteiger partial charge in [-0.05, 0) is 70.4 Å². The molecule has 1 heterocycles. The quantitative estimate of drug-likeness (QED) is 0.574. The van der Waals surface area contributed by atoms with E-state index in [-0.39, 0.29) is 11.7 Å². The van der Waals surface area contributed by atoms with Gasteiger partial charge < -0.3 is 9.84 Å². The minimum Gasteiger partial charge on any atom is -0.503 e. The van der Waals surface area contributed by atoms with Crippen LogP contribution < -0.4 is 10.2 Å². The molecule has 1 atom stereocenters. The Morgan fingerprint density at radius 1 is 1.48 bits per heavy atom. The molecule has 1 aliphatic carbocycles. The molecule has 3 rings (SSSR count). The number of aromatic hydroxyl groups is 1. The van der Waals surface area contributed by atoms with Crippen LogP contribution >= 0.6 is 27.3 Å². The number of hydrogen-bond acceptors (Lipinski definition) is 5. The fraction of sp³-hybridized carbons (Fsp3) is 0.333. The molecule has 1 aromatic heterocycles. The SMILES string of the molecule is COc1cc(/C=N/NC(=O)c2cc3c(s2)CCC(C)C3)cc(Br)c1O. The summed E-state index contributed by atoms with van der Waals surface area (Å²) in [6.45, 7) is 2.24. The van der Waals surface area contributed by atoms with E-state index in [0.717, 1.165) is 12.8 Å². The number of phenolic OH excluding ortho intramolecular Hbond substituents is 1. The molecule has 25 heavy (non-hydrogen) atoms. The molecule has 0 spiro atoms. The van der Waals surface area contributed by atoms with Crippen molar-refractivity contribution >= 4 is 39.4 Å². The van der Waals surface area contributed by atoms with Crippen molar-refractivity contribution in [1.29, 1.82) is 0 Å². The van der Waals surface area contributed by atoms with Crippen LogP contribution in [0.1, 0.15) is 39.0 Å². The van der Waals surface area contributed by atoms with Gasteiger partial charge in [-0.15, -0.1) is 11.3 Å². The number of rotatable bonds is 4. The summed E-state index contributed by atoms with van der Waals surface area (Å²) in [5.41, 5.74) is 4.55. The Morgan fingerprint density at radius 3 is 3.04 bits per heavy atom. The number of carbonyl (C=O) groups is 1. The van der Waals surface area contributed by atoms with Crippen LogP contribution in [0.25, 0.3) is 0 Å². The molecule has 1 aromatic carbocycles. The highest BCUT2D eigenvalue weighted by Crippen LogP contribution is 2.35. The van der Waals surface area contributed by atoms with E-state index in [1.165, 1.54) is 30.2 Å². The number of carbonyl (C=O) groups excluding carboxylic acids is 1. The number of hydrazone groups is 1. The van der Waals surface area contributed by atoms with Crippen LogP contribution in [-0.2, 0) is 12.8 Å². The largest absolute Gasteiger partial charge is 0.503 e. The third kappa shape index (κ3) is 4.04. The van der Waals surface area contributed by atoms with E-state index in [9.17, 15) is 9.90 Å². The lowest BCUT2D eigenvalue weighted by Gasteiger charge is -2.16. The van der Waals surface area contributed by atoms with Crippen LogP contribution in [0.15, 0.2) is 27.8 Å². The number of hydrogen-bond donors (Lipinski definition) is 2. The summed E-state index contributed by atoms with van der Waals surface area (Å²) >= 11 is 4.81. The van der Waals surface area contributed by atoms with Gasteiger partial charge in [0.25, 0.3) is 5.91 Å². The third-order valence-electron chi connectivity index (χ3n) is 4.20. The molecule has 1 aliphatic rings. The Kier molecular flexibility index (Phi) is 5.44. The van der Waals surface area contributed by atoms with Crippen LogP contribution in [0, 0.1) is 5.92 Å². The van der Waals surface area contributed by atoms with Gasteiger partial charge in [0.15, 0.2) is 11.5 Å². The van der Waals surface area contributed by atoms with Gasteiger partial charge >= 0.3 is 0 Å². The zero-order valence-electron chi connectivity index (χ0n) is 14.0. The molecule has 2 aromatic rings. The Labute approximate surface area is 158 Å². The molecule has 5 nitrogen and oxygen atoms in total. The summed E-state index contributed by atoms with van der Waals surface area (Å²) in [5.74, 6) is 0.844. The van der Waals surface area contributed by atoms with E-state index in [0.29, 0.717) is 26.6 Å². The van der Waals surface area contributed by atoms with Gasteiger partial charge in [-0.3, -0.25) is 4.79 Å². The number of phenols is 1. The molecule has 0 aliphatic heterocycles. The normalized spacial score (nSPS) is 16.7. The maximum absolute atomic E-state index is 12.3. The Morgan fingerprint density at radius 2 is 2.28 bits per heavy atom. The summed E-state index contributed by atoms with van der Waals surface area (Å²) in [4.78, 5) is 14.3. The van der Waals surface area contributed by atoms with E-state index in [4.69, 9.17) is 4.74 Å². The molecule has 0 saturated carbocycles. The number of nitrogens with zero attached hydrogens (tertiary/aromatic N) is 1. The fourth-order valence-electron chi connectivity index (χ4n) is 2.86. The lowest BCUT2D eigenvalue weighted by Crippen LogP contribution is -2.16. The maximum atomic E-state index is 12.3. The molecule has 7 heteroatoms. The first-order valence-electron chi connectivity index (χ1n) is 7.99. The van der Waals surface area contributed by atoms with Gasteiger partial charge in [0.2, 0.25) is 0 Å². The summed E-state index contributed by atoms with van der Waals surface area (Å²) in [5, 5.41) is 13.8. The minimum absolute atomic E-state index is 0.0297. The second-order valence-electron chi connectivity index (χ2n) is 6.16. The molecule has 0 radical (unpaired) electrons. The third-order valence-corrected chi connectivity index (χ3v) is 6.04. The number of fused-ring (bicyclic) bond motifs is 1. The van der Waals surface area contributed by atoms with Crippen molar-refractivity contribution < 1.29 is 14.6 Å². The standard InChI is InChI=1S/C18H19BrN2O3S/c1-10-3-4-15-12(5-10)8-16(25-15)18(23)21-20-9-11-6-13(19)17(22)14(7-11)24-2/h6-10,22H,3-5H2,1-2H3,(H,21,23)/b20-9+. The number of nitrogens with one attached hydrogen (secondary N) is 1. The van der Waals surface area contributed by atoms with Crippen molar-refractivity contribution in [3.05, 3.63) is 43.6 Å². The molecule has 0 fully saturated rings. The van der Waals surface area contributed by atoms with Gasteiger partial charge in [0, 0.05) is 4.88 Å². The lowest BCUT2D eigenvalue weighted by atomic mass is 9.90. The van der Waals surface area contributed by atoms with E-state index in [2.05, 4.69) is 33.4 Å². The van der Waals surface area contributed by atoms with Crippen molar-refractivity contribution in [1.82, 2.24) is 5.43 Å². The fourth-order valence-corrected chi connectivity index (χ4v) is 4.42. The Bertz CT molecular complexity index is 832. The van der Waals surface area contributed by atoms with E-state index in [1.807, 2.05) is 6.07 Å². The number of benzene rings is 1. The number of halogens is 1. The molecule has 1 amide bonds. The Balaban J connectivity index is 1.68. The van der Waals surface area contributed by atoms with Crippen molar-refractivity contribution in [2.45, 2.75) is 26.2 Å². The highest BCUT2D eigenvalue weighted by molar-refractivity contribution is 9.10. The van der Waals surface area contributed by atoms with Crippen LogP contribution in [0.4, 0.5) is 0 Å². The number of thiophene rings is 1. The first-order chi connectivity index (χ1) is 12.0. The van der Waals surface area contributed by atoms with Crippen LogP contribution in [-0.4, -0.2) is 24.3 Å². The zero-order chi connectivity index (χ0) is 18.0. The van der Waals surface area contributed by atoms with Gasteiger partial charge in [-0.25, -0.2) is 5.43 Å². The molecule has 0 saturated heterocycles. The first kappa shape index (κ1) is 17.9. The molecule has 2 N–H and O–H groups in total. The highest BCUT2D eigenvalue weighted by atomic mass is 79.9. The highest BCUT2D eigenvalue weighted by Gasteiger charge is 2.20. The van der Waals surface area contributed by atoms with Crippen molar-refractivity contribution in [3.63, 3.8) is 0 Å². The molecular weight excluding hydrogens is 404 g/mol. The predicted octanol–water partition coefficient (Wildman–Crippen LogP) is 4.11. The summed E-state index contributed by atoms with van der Waals surface area (Å²) in [6, 6.07) is 5.32. The van der Waals surface area contributed by atoms with Crippen LogP contribution in [0.5, 0.6) is 11.5 Å². The predicted molar refractivity (Wildman–Crippen MR) is 103 cm³/mol. The van der Waals surface area contributed by atoms with Gasteiger partial charge in [0.1, 0.15) is 0 Å². The summed E-state index contributed by atoms with van der Waals surface area (Å²) < 4.78 is 5.59. The zero-order valence-corrected chi connectivity index (χ0v) is 16.4. The van der Waals surface area contributed by atoms with Crippen LogP contribution in [0.3, 0.4) is 0 Å². The second kappa shape index (κ2) is 7.58. The molecular formula is C18H19BrN2O3S. The second-order valence-corrected chi connectivity index (χ2v) is 8.15. The lowest BCUT2D eigenvalue weighted by molar-refractivity contribution is 0.0959. The Hall–Kier alpha value is -1.86. The van der Waals surface area contributed by atoms with Gasteiger partial charge in [-0.2, -0.15) is 5.10 Å². The average Bonchev–Trinajstić information content (AvgIpc) is 3.01. The molecule has 1 unspecified atom stereocenters. The molecule has 132 valence electrons. The van der Waals surface area contributed by atoms with E-state index in [1.54, 1.807) is 23.5 Å². The minimum atomic E-state index is -0.201. The van der Waals surface area contributed by atoms with Crippen molar-refractivity contribution in [2.75, 3.05) is 7.11 Å².